The normalized spacial score (nSPS) is 14.7. The summed E-state index contributed by atoms with van der Waals surface area (Å²) in [6.45, 7) is 1.99. The van der Waals surface area contributed by atoms with Crippen LogP contribution in [-0.4, -0.2) is 38.7 Å². The Balaban J connectivity index is 1.48. The Morgan fingerprint density at radius 3 is 2.86 bits per heavy atom. The monoisotopic (exact) mass is 398 g/mol. The molecule has 1 aromatic carbocycles. The van der Waals surface area contributed by atoms with Crippen LogP contribution in [0.3, 0.4) is 0 Å². The Hall–Kier alpha value is -3.11. The molecule has 1 fully saturated rings. The second kappa shape index (κ2) is 7.87. The van der Waals surface area contributed by atoms with Gasteiger partial charge in [-0.15, -0.1) is 11.3 Å². The Bertz CT molecular complexity index is 1010. The van der Waals surface area contributed by atoms with E-state index in [4.69, 9.17) is 0 Å². The van der Waals surface area contributed by atoms with Crippen LogP contribution in [0.1, 0.15) is 34.1 Å². The summed E-state index contributed by atoms with van der Waals surface area (Å²) < 4.78 is 1.33. The summed E-state index contributed by atoms with van der Waals surface area (Å²) in [5.41, 5.74) is 0.384. The van der Waals surface area contributed by atoms with Gasteiger partial charge in [0.1, 0.15) is 5.69 Å². The Morgan fingerprint density at radius 1 is 1.29 bits per heavy atom. The van der Waals surface area contributed by atoms with E-state index < -0.39 is 10.8 Å². The van der Waals surface area contributed by atoms with Gasteiger partial charge in [0, 0.05) is 23.3 Å². The van der Waals surface area contributed by atoms with Crippen molar-refractivity contribution in [2.75, 3.05) is 18.4 Å². The van der Waals surface area contributed by atoms with Gasteiger partial charge in [0.15, 0.2) is 10.8 Å². The molecule has 0 aliphatic carbocycles. The molecule has 0 unspecified atom stereocenters. The van der Waals surface area contributed by atoms with Gasteiger partial charge in [-0.2, -0.15) is 5.10 Å². The molecule has 2 N–H and O–H groups in total. The fourth-order valence-corrected chi connectivity index (χ4v) is 4.17. The molecule has 1 amide bonds. The lowest BCUT2D eigenvalue weighted by Crippen LogP contribution is -2.26. The quantitative estimate of drug-likeness (QED) is 0.504. The zero-order valence-corrected chi connectivity index (χ0v) is 15.7. The number of aromatic nitrogens is 3. The highest BCUT2D eigenvalue weighted by atomic mass is 32.1. The number of piperidine rings is 1. The third-order valence-corrected chi connectivity index (χ3v) is 5.71. The van der Waals surface area contributed by atoms with Crippen LogP contribution in [0.4, 0.5) is 10.8 Å². The number of para-hydroxylation sites is 2. The van der Waals surface area contributed by atoms with Crippen LogP contribution in [0.15, 0.2) is 42.7 Å². The van der Waals surface area contributed by atoms with Crippen LogP contribution in [-0.2, 0) is 0 Å². The summed E-state index contributed by atoms with van der Waals surface area (Å²) in [5.74, 6) is 0.0748. The zero-order chi connectivity index (χ0) is 19.5. The van der Waals surface area contributed by atoms with Crippen molar-refractivity contribution >= 4 is 28.1 Å². The Labute approximate surface area is 164 Å². The van der Waals surface area contributed by atoms with Gasteiger partial charge in [-0.3, -0.25) is 20.2 Å². The standard InChI is InChI=1S/C18H18N6O3S/c25-17(21-18-20-11-16(28-18)12-5-8-19-9-6-12)13-7-10-23(22-13)14-3-1-2-4-15(14)24(26)27/h1-4,7,10-12,19H,5-6,8-9H2,(H,20,21,25). The second-order valence-electron chi connectivity index (χ2n) is 6.44. The molecular formula is C18H18N6O3S. The molecule has 0 saturated carbocycles. The highest BCUT2D eigenvalue weighted by molar-refractivity contribution is 7.15. The number of thiazole rings is 1. The molecule has 1 aliphatic heterocycles. The molecular weight excluding hydrogens is 380 g/mol. The van der Waals surface area contributed by atoms with Gasteiger partial charge in [-0.05, 0) is 44.0 Å². The Morgan fingerprint density at radius 2 is 2.07 bits per heavy atom. The maximum atomic E-state index is 12.5. The summed E-state index contributed by atoms with van der Waals surface area (Å²) in [7, 11) is 0. The molecule has 3 aromatic rings. The fourth-order valence-electron chi connectivity index (χ4n) is 3.19. The van der Waals surface area contributed by atoms with Gasteiger partial charge in [0.25, 0.3) is 11.6 Å². The number of rotatable bonds is 5. The predicted molar refractivity (Wildman–Crippen MR) is 105 cm³/mol. The van der Waals surface area contributed by atoms with Gasteiger partial charge in [-0.1, -0.05) is 12.1 Å². The number of anilines is 1. The molecule has 1 aliphatic rings. The number of hydrogen-bond acceptors (Lipinski definition) is 7. The van der Waals surface area contributed by atoms with E-state index in [2.05, 4.69) is 20.7 Å². The summed E-state index contributed by atoms with van der Waals surface area (Å²) in [5, 5.41) is 22.0. The molecule has 9 nitrogen and oxygen atoms in total. The number of carbonyl (C=O) groups excluding carboxylic acids is 1. The van der Waals surface area contributed by atoms with Gasteiger partial charge in [-0.25, -0.2) is 9.67 Å². The second-order valence-corrected chi connectivity index (χ2v) is 7.50. The first-order valence-corrected chi connectivity index (χ1v) is 9.71. The molecule has 144 valence electrons. The number of carbonyl (C=O) groups is 1. The average Bonchev–Trinajstić information content (AvgIpc) is 3.38. The SMILES string of the molecule is O=C(Nc1ncc(C2CCNCC2)s1)c1ccn(-c2ccccc2[N+](=O)[O-])n1. The highest BCUT2D eigenvalue weighted by Gasteiger charge is 2.20. The maximum absolute atomic E-state index is 12.5. The van der Waals surface area contributed by atoms with Crippen LogP contribution in [0.2, 0.25) is 0 Å². The minimum Gasteiger partial charge on any atom is -0.317 e. The van der Waals surface area contributed by atoms with Crippen molar-refractivity contribution < 1.29 is 9.72 Å². The molecule has 3 heterocycles. The van der Waals surface area contributed by atoms with Crippen molar-refractivity contribution in [2.24, 2.45) is 0 Å². The van der Waals surface area contributed by atoms with E-state index in [0.29, 0.717) is 16.7 Å². The van der Waals surface area contributed by atoms with Crippen LogP contribution in [0.25, 0.3) is 5.69 Å². The number of amides is 1. The lowest BCUT2D eigenvalue weighted by atomic mass is 9.97. The largest absolute Gasteiger partial charge is 0.317 e. The lowest BCUT2D eigenvalue weighted by molar-refractivity contribution is -0.384. The van der Waals surface area contributed by atoms with E-state index in [1.165, 1.54) is 39.2 Å². The maximum Gasteiger partial charge on any atom is 0.294 e. The molecule has 0 bridgehead atoms. The number of benzene rings is 1. The number of nitro groups is 1. The molecule has 1 saturated heterocycles. The third kappa shape index (κ3) is 3.78. The van der Waals surface area contributed by atoms with E-state index in [-0.39, 0.29) is 11.4 Å². The van der Waals surface area contributed by atoms with Gasteiger partial charge in [0.05, 0.1) is 4.92 Å². The first-order valence-electron chi connectivity index (χ1n) is 8.89. The minimum atomic E-state index is -0.478. The van der Waals surface area contributed by atoms with E-state index in [1.54, 1.807) is 18.2 Å². The molecule has 4 rings (SSSR count). The van der Waals surface area contributed by atoms with Crippen molar-refractivity contribution in [3.8, 4) is 5.69 Å². The van der Waals surface area contributed by atoms with Crippen LogP contribution in [0.5, 0.6) is 0 Å². The topological polar surface area (TPSA) is 115 Å². The number of nitro benzene ring substituents is 1. The fraction of sp³-hybridized carbons (Fsp3) is 0.278. The molecule has 10 heteroatoms. The number of nitrogens with zero attached hydrogens (tertiary/aromatic N) is 4. The zero-order valence-electron chi connectivity index (χ0n) is 14.9. The van der Waals surface area contributed by atoms with Crippen molar-refractivity contribution in [1.29, 1.82) is 0 Å². The van der Waals surface area contributed by atoms with Crippen molar-refractivity contribution in [3.05, 3.63) is 63.4 Å². The molecule has 0 atom stereocenters. The highest BCUT2D eigenvalue weighted by Crippen LogP contribution is 2.31. The molecule has 28 heavy (non-hydrogen) atoms. The van der Waals surface area contributed by atoms with Gasteiger partial charge < -0.3 is 5.32 Å². The first kappa shape index (κ1) is 18.3. The van der Waals surface area contributed by atoms with E-state index >= 15 is 0 Å². The third-order valence-electron chi connectivity index (χ3n) is 4.63. The van der Waals surface area contributed by atoms with E-state index in [1.807, 2.05) is 6.20 Å². The van der Waals surface area contributed by atoms with Gasteiger partial charge in [0.2, 0.25) is 0 Å². The Kier molecular flexibility index (Phi) is 5.13. The smallest absolute Gasteiger partial charge is 0.294 e. The predicted octanol–water partition coefficient (Wildman–Crippen LogP) is 2.96. The van der Waals surface area contributed by atoms with Crippen LogP contribution in [0, 0.1) is 10.1 Å². The number of hydrogen-bond donors (Lipinski definition) is 2. The van der Waals surface area contributed by atoms with Crippen LogP contribution < -0.4 is 10.6 Å². The lowest BCUT2D eigenvalue weighted by Gasteiger charge is -2.20. The average molecular weight is 398 g/mol. The molecule has 0 spiro atoms. The molecule has 2 aromatic heterocycles. The van der Waals surface area contributed by atoms with Gasteiger partial charge >= 0.3 is 0 Å². The van der Waals surface area contributed by atoms with Crippen molar-refractivity contribution in [3.63, 3.8) is 0 Å². The number of nitrogens with one attached hydrogen (secondary N) is 2. The van der Waals surface area contributed by atoms with Crippen molar-refractivity contribution in [1.82, 2.24) is 20.1 Å². The van der Waals surface area contributed by atoms with E-state index in [9.17, 15) is 14.9 Å². The summed E-state index contributed by atoms with van der Waals surface area (Å²) in [6.07, 6.45) is 5.48. The van der Waals surface area contributed by atoms with Crippen molar-refractivity contribution in [2.45, 2.75) is 18.8 Å². The van der Waals surface area contributed by atoms with E-state index in [0.717, 1.165) is 25.9 Å². The first-order chi connectivity index (χ1) is 13.6. The molecule has 0 radical (unpaired) electrons. The summed E-state index contributed by atoms with van der Waals surface area (Å²) in [6, 6.07) is 7.77. The summed E-state index contributed by atoms with van der Waals surface area (Å²) in [4.78, 5) is 28.7. The van der Waals surface area contributed by atoms with Crippen LogP contribution >= 0.6 is 11.3 Å². The minimum absolute atomic E-state index is 0.0795. The summed E-state index contributed by atoms with van der Waals surface area (Å²) >= 11 is 1.48.